The summed E-state index contributed by atoms with van der Waals surface area (Å²) in [5.74, 6) is 5.54. The Hall–Kier alpha value is -0.770. The second-order valence-electron chi connectivity index (χ2n) is 1.03. The van der Waals surface area contributed by atoms with Crippen LogP contribution in [0.2, 0.25) is 0 Å². The molecule has 0 aromatic rings. The zero-order valence-corrected chi connectivity index (χ0v) is 4.73. The first-order valence-corrected chi connectivity index (χ1v) is 2.26. The lowest BCUT2D eigenvalue weighted by atomic mass is 10.6. The van der Waals surface area contributed by atoms with Crippen LogP contribution >= 0.6 is 0 Å². The molecule has 0 N–H and O–H groups in total. The average Bonchev–Trinajstić information content (AvgIpc) is 1.69. The van der Waals surface area contributed by atoms with Crippen molar-refractivity contribution >= 4 is 6.21 Å². The van der Waals surface area contributed by atoms with Gasteiger partial charge in [0, 0.05) is 0 Å². The molecule has 0 fully saturated rings. The van der Waals surface area contributed by atoms with Gasteiger partial charge in [0.25, 0.3) is 0 Å². The van der Waals surface area contributed by atoms with E-state index in [1.807, 2.05) is 13.8 Å². The minimum absolute atomic E-state index is 0.646. The molecular formula is C6H9N. The molecule has 0 aromatic heterocycles. The van der Waals surface area contributed by atoms with Crippen molar-refractivity contribution in [1.29, 1.82) is 0 Å². The molecule has 0 bridgehead atoms. The van der Waals surface area contributed by atoms with E-state index in [0.717, 1.165) is 0 Å². The van der Waals surface area contributed by atoms with Crippen LogP contribution in [0.15, 0.2) is 4.99 Å². The molecule has 0 unspecified atom stereocenters. The monoisotopic (exact) mass is 95.1 g/mol. The predicted octanol–water partition coefficient (Wildman–Crippen LogP) is 1.10. The third-order valence-corrected chi connectivity index (χ3v) is 0.530. The first-order chi connectivity index (χ1) is 3.41. The van der Waals surface area contributed by atoms with Gasteiger partial charge >= 0.3 is 0 Å². The fraction of sp³-hybridized carbons (Fsp3) is 0.500. The van der Waals surface area contributed by atoms with Crippen LogP contribution < -0.4 is 0 Å². The van der Waals surface area contributed by atoms with Gasteiger partial charge in [0.15, 0.2) is 0 Å². The first-order valence-electron chi connectivity index (χ1n) is 2.26. The number of rotatable bonds is 1. The van der Waals surface area contributed by atoms with Gasteiger partial charge in [-0.1, -0.05) is 5.92 Å². The Kier molecular flexibility index (Phi) is 4.65. The summed E-state index contributed by atoms with van der Waals surface area (Å²) in [4.78, 5) is 3.86. The number of aliphatic imine (C=N–C) groups is 1. The lowest BCUT2D eigenvalue weighted by Crippen LogP contribution is -1.69. The van der Waals surface area contributed by atoms with Gasteiger partial charge in [0.1, 0.15) is 0 Å². The quantitative estimate of drug-likeness (QED) is 0.341. The third kappa shape index (κ3) is 5.23. The topological polar surface area (TPSA) is 12.4 Å². The van der Waals surface area contributed by atoms with Crippen molar-refractivity contribution in [3.63, 3.8) is 0 Å². The fourth-order valence-corrected chi connectivity index (χ4v) is 0.216. The summed E-state index contributed by atoms with van der Waals surface area (Å²) in [5.41, 5.74) is 0. The van der Waals surface area contributed by atoms with Crippen LogP contribution in [-0.4, -0.2) is 12.8 Å². The molecule has 1 heteroatoms. The Morgan fingerprint density at radius 1 is 1.71 bits per heavy atom. The minimum atomic E-state index is 0.646. The Morgan fingerprint density at radius 3 is 2.86 bits per heavy atom. The van der Waals surface area contributed by atoms with Crippen LogP contribution in [0, 0.1) is 11.8 Å². The van der Waals surface area contributed by atoms with Crippen LogP contribution in [0.4, 0.5) is 0 Å². The van der Waals surface area contributed by atoms with Crippen LogP contribution in [0.3, 0.4) is 0 Å². The van der Waals surface area contributed by atoms with E-state index < -0.39 is 0 Å². The van der Waals surface area contributed by atoms with E-state index in [9.17, 15) is 0 Å². The SMILES string of the molecule is CC#CCN=CC. The van der Waals surface area contributed by atoms with E-state index in [1.165, 1.54) is 0 Å². The molecule has 0 heterocycles. The highest BCUT2D eigenvalue weighted by Gasteiger charge is 1.59. The molecule has 0 radical (unpaired) electrons. The van der Waals surface area contributed by atoms with E-state index in [2.05, 4.69) is 16.8 Å². The Morgan fingerprint density at radius 2 is 2.43 bits per heavy atom. The zero-order chi connectivity index (χ0) is 5.54. The Bertz CT molecular complexity index is 103. The fourth-order valence-electron chi connectivity index (χ4n) is 0.216. The summed E-state index contributed by atoms with van der Waals surface area (Å²) < 4.78 is 0. The van der Waals surface area contributed by atoms with Crippen LogP contribution in [0.5, 0.6) is 0 Å². The number of hydrogen-bond acceptors (Lipinski definition) is 1. The van der Waals surface area contributed by atoms with Gasteiger partial charge in [0.2, 0.25) is 0 Å². The highest BCUT2D eigenvalue weighted by molar-refractivity contribution is 5.53. The van der Waals surface area contributed by atoms with Crippen molar-refractivity contribution in [3.8, 4) is 11.8 Å². The first kappa shape index (κ1) is 6.23. The summed E-state index contributed by atoms with van der Waals surface area (Å²) in [6.07, 6.45) is 1.75. The van der Waals surface area contributed by atoms with E-state index in [0.29, 0.717) is 6.54 Å². The highest BCUT2D eigenvalue weighted by Crippen LogP contribution is 1.61. The maximum atomic E-state index is 3.86. The van der Waals surface area contributed by atoms with Crippen LogP contribution in [0.1, 0.15) is 13.8 Å². The lowest BCUT2D eigenvalue weighted by molar-refractivity contribution is 1.30. The van der Waals surface area contributed by atoms with Crippen LogP contribution in [-0.2, 0) is 0 Å². The molecule has 0 amide bonds. The average molecular weight is 95.1 g/mol. The van der Waals surface area contributed by atoms with E-state index >= 15 is 0 Å². The minimum Gasteiger partial charge on any atom is -0.285 e. The van der Waals surface area contributed by atoms with Gasteiger partial charge < -0.3 is 0 Å². The Balaban J connectivity index is 3.09. The van der Waals surface area contributed by atoms with E-state index in [4.69, 9.17) is 0 Å². The third-order valence-electron chi connectivity index (χ3n) is 0.530. The predicted molar refractivity (Wildman–Crippen MR) is 32.5 cm³/mol. The van der Waals surface area contributed by atoms with Gasteiger partial charge in [0.05, 0.1) is 6.54 Å². The summed E-state index contributed by atoms with van der Waals surface area (Å²) in [6, 6.07) is 0. The molecule has 0 saturated heterocycles. The van der Waals surface area contributed by atoms with Gasteiger partial charge in [-0.3, -0.25) is 4.99 Å². The molecule has 0 aliphatic heterocycles. The molecule has 0 aromatic carbocycles. The highest BCUT2D eigenvalue weighted by atomic mass is 14.7. The van der Waals surface area contributed by atoms with E-state index in [-0.39, 0.29) is 0 Å². The normalized spacial score (nSPS) is 8.29. The van der Waals surface area contributed by atoms with Gasteiger partial charge in [-0.25, -0.2) is 0 Å². The van der Waals surface area contributed by atoms with E-state index in [1.54, 1.807) is 6.21 Å². The Labute approximate surface area is 44.5 Å². The lowest BCUT2D eigenvalue weighted by Gasteiger charge is -1.70. The van der Waals surface area contributed by atoms with Crippen molar-refractivity contribution in [3.05, 3.63) is 0 Å². The summed E-state index contributed by atoms with van der Waals surface area (Å²) in [6.45, 7) is 4.34. The summed E-state index contributed by atoms with van der Waals surface area (Å²) in [5, 5.41) is 0. The second-order valence-corrected chi connectivity index (χ2v) is 1.03. The van der Waals surface area contributed by atoms with Crippen molar-refractivity contribution in [2.75, 3.05) is 6.54 Å². The van der Waals surface area contributed by atoms with Gasteiger partial charge in [-0.05, 0) is 20.1 Å². The number of hydrogen-bond donors (Lipinski definition) is 0. The molecule has 0 atom stereocenters. The smallest absolute Gasteiger partial charge is 0.0993 e. The molecule has 0 aliphatic rings. The van der Waals surface area contributed by atoms with Crippen molar-refractivity contribution in [1.82, 2.24) is 0 Å². The molecule has 0 aliphatic carbocycles. The van der Waals surface area contributed by atoms with Crippen LogP contribution in [0.25, 0.3) is 0 Å². The van der Waals surface area contributed by atoms with Crippen molar-refractivity contribution in [2.24, 2.45) is 4.99 Å². The molecular weight excluding hydrogens is 86.1 g/mol. The van der Waals surface area contributed by atoms with Crippen molar-refractivity contribution in [2.45, 2.75) is 13.8 Å². The molecule has 38 valence electrons. The summed E-state index contributed by atoms with van der Waals surface area (Å²) in [7, 11) is 0. The maximum absolute atomic E-state index is 3.86. The second kappa shape index (κ2) is 5.23. The molecule has 7 heavy (non-hydrogen) atoms. The largest absolute Gasteiger partial charge is 0.285 e. The standard InChI is InChI=1S/C6H9N/c1-3-5-6-7-4-2/h4H,6H2,1-2H3. The maximum Gasteiger partial charge on any atom is 0.0993 e. The van der Waals surface area contributed by atoms with Crippen molar-refractivity contribution < 1.29 is 0 Å². The zero-order valence-electron chi connectivity index (χ0n) is 4.73. The van der Waals surface area contributed by atoms with Gasteiger partial charge in [-0.2, -0.15) is 0 Å². The molecule has 0 spiro atoms. The number of nitrogens with zero attached hydrogens (tertiary/aromatic N) is 1. The molecule has 1 nitrogen and oxygen atoms in total. The summed E-state index contributed by atoms with van der Waals surface area (Å²) >= 11 is 0. The van der Waals surface area contributed by atoms with Gasteiger partial charge in [-0.15, -0.1) is 5.92 Å². The molecule has 0 saturated carbocycles. The molecule has 0 rings (SSSR count).